The fourth-order valence-corrected chi connectivity index (χ4v) is 2.74. The Balaban J connectivity index is 2.55. The van der Waals surface area contributed by atoms with Gasteiger partial charge < -0.3 is 9.84 Å². The molecule has 0 bridgehead atoms. The molecule has 0 saturated heterocycles. The smallest absolute Gasteiger partial charge is 0.0988 e. The van der Waals surface area contributed by atoms with Crippen molar-refractivity contribution in [2.24, 2.45) is 5.92 Å². The predicted octanol–water partition coefficient (Wildman–Crippen LogP) is 5.67. The largest absolute Gasteiger partial charge is 0.386 e. The Morgan fingerprint density at radius 1 is 1.08 bits per heavy atom. The van der Waals surface area contributed by atoms with E-state index in [9.17, 15) is 5.11 Å². The zero-order valence-corrected chi connectivity index (χ0v) is 15.5. The molecular weight excluding hydrogens is 296 g/mol. The van der Waals surface area contributed by atoms with Crippen LogP contribution in [0.1, 0.15) is 58.4 Å². The number of aliphatic hydroxyl groups excluding tert-OH is 1. The van der Waals surface area contributed by atoms with Gasteiger partial charge in [0.1, 0.15) is 0 Å². The van der Waals surface area contributed by atoms with Gasteiger partial charge in [0.05, 0.1) is 18.8 Å². The van der Waals surface area contributed by atoms with Crippen molar-refractivity contribution in [3.05, 3.63) is 60.2 Å². The van der Waals surface area contributed by atoms with Crippen LogP contribution in [0.4, 0.5) is 0 Å². The van der Waals surface area contributed by atoms with Crippen molar-refractivity contribution in [1.29, 1.82) is 0 Å². The quantitative estimate of drug-likeness (QED) is 0.395. The molecule has 3 atom stereocenters. The van der Waals surface area contributed by atoms with Gasteiger partial charge in [-0.25, -0.2) is 0 Å². The van der Waals surface area contributed by atoms with E-state index in [1.54, 1.807) is 6.08 Å². The topological polar surface area (TPSA) is 29.5 Å². The molecule has 0 heterocycles. The molecule has 1 N–H and O–H groups in total. The van der Waals surface area contributed by atoms with Crippen LogP contribution < -0.4 is 0 Å². The zero-order chi connectivity index (χ0) is 17.6. The Hall–Kier alpha value is -1.38. The highest BCUT2D eigenvalue weighted by Gasteiger charge is 2.22. The Labute approximate surface area is 148 Å². The molecule has 0 amide bonds. The minimum Gasteiger partial charge on any atom is -0.386 e. The first-order valence-corrected chi connectivity index (χ1v) is 9.32. The van der Waals surface area contributed by atoms with E-state index >= 15 is 0 Å². The third-order valence-corrected chi connectivity index (χ3v) is 4.19. The molecule has 0 radical (unpaired) electrons. The van der Waals surface area contributed by atoms with Crippen molar-refractivity contribution >= 4 is 0 Å². The fraction of sp³-hybridized carbons (Fsp3) is 0.545. The molecule has 1 aromatic carbocycles. The van der Waals surface area contributed by atoms with Gasteiger partial charge in [0.25, 0.3) is 0 Å². The van der Waals surface area contributed by atoms with Crippen molar-refractivity contribution in [2.45, 2.75) is 71.7 Å². The first-order valence-electron chi connectivity index (χ1n) is 9.32. The SMILES string of the molecule is C/C=C/[C@@H](O)[C@H](OCc1ccccc1)[C@H](C)/C=C/CCCCCC. The van der Waals surface area contributed by atoms with Crippen LogP contribution in [0, 0.1) is 5.92 Å². The second kappa shape index (κ2) is 13.0. The average molecular weight is 331 g/mol. The van der Waals surface area contributed by atoms with Crippen LogP contribution in [-0.4, -0.2) is 17.3 Å². The molecule has 1 aromatic rings. The van der Waals surface area contributed by atoms with Gasteiger partial charge >= 0.3 is 0 Å². The molecule has 0 aliphatic rings. The van der Waals surface area contributed by atoms with E-state index in [1.165, 1.54) is 25.7 Å². The Morgan fingerprint density at radius 3 is 2.50 bits per heavy atom. The fourth-order valence-electron chi connectivity index (χ4n) is 2.74. The van der Waals surface area contributed by atoms with E-state index in [-0.39, 0.29) is 12.0 Å². The zero-order valence-electron chi connectivity index (χ0n) is 15.5. The van der Waals surface area contributed by atoms with Gasteiger partial charge in [-0.1, -0.05) is 87.7 Å². The predicted molar refractivity (Wildman–Crippen MR) is 103 cm³/mol. The summed E-state index contributed by atoms with van der Waals surface area (Å²) in [5, 5.41) is 10.4. The van der Waals surface area contributed by atoms with Crippen LogP contribution in [-0.2, 0) is 11.3 Å². The first-order chi connectivity index (χ1) is 11.7. The summed E-state index contributed by atoms with van der Waals surface area (Å²) < 4.78 is 6.05. The van der Waals surface area contributed by atoms with Gasteiger partial charge in [0, 0.05) is 5.92 Å². The van der Waals surface area contributed by atoms with E-state index in [0.717, 1.165) is 12.0 Å². The molecule has 0 aliphatic heterocycles. The lowest BCUT2D eigenvalue weighted by Gasteiger charge is -2.25. The van der Waals surface area contributed by atoms with E-state index in [1.807, 2.05) is 43.3 Å². The van der Waals surface area contributed by atoms with Crippen LogP contribution in [0.5, 0.6) is 0 Å². The number of rotatable bonds is 12. The molecule has 2 heteroatoms. The lowest BCUT2D eigenvalue weighted by atomic mass is 9.97. The molecule has 0 saturated carbocycles. The van der Waals surface area contributed by atoms with Crippen LogP contribution in [0.3, 0.4) is 0 Å². The Kier molecular flexibility index (Phi) is 11.2. The number of hydrogen-bond donors (Lipinski definition) is 1. The van der Waals surface area contributed by atoms with Gasteiger partial charge in [0.2, 0.25) is 0 Å². The highest BCUT2D eigenvalue weighted by atomic mass is 16.5. The van der Waals surface area contributed by atoms with E-state index in [2.05, 4.69) is 26.0 Å². The van der Waals surface area contributed by atoms with E-state index in [4.69, 9.17) is 4.74 Å². The number of ether oxygens (including phenoxy) is 1. The number of unbranched alkanes of at least 4 members (excludes halogenated alkanes) is 4. The average Bonchev–Trinajstić information content (AvgIpc) is 2.59. The lowest BCUT2D eigenvalue weighted by molar-refractivity contribution is -0.0456. The van der Waals surface area contributed by atoms with Gasteiger partial charge in [-0.05, 0) is 25.3 Å². The normalized spacial score (nSPS) is 15.8. The summed E-state index contributed by atoms with van der Waals surface area (Å²) >= 11 is 0. The summed E-state index contributed by atoms with van der Waals surface area (Å²) in [6.45, 7) is 6.79. The van der Waals surface area contributed by atoms with E-state index < -0.39 is 6.10 Å². The van der Waals surface area contributed by atoms with Crippen molar-refractivity contribution in [3.63, 3.8) is 0 Å². The molecule has 0 unspecified atom stereocenters. The first kappa shape index (κ1) is 20.7. The summed E-state index contributed by atoms with van der Waals surface area (Å²) in [4.78, 5) is 0. The van der Waals surface area contributed by atoms with Crippen LogP contribution in [0.25, 0.3) is 0 Å². The lowest BCUT2D eigenvalue weighted by Crippen LogP contribution is -2.32. The van der Waals surface area contributed by atoms with Crippen LogP contribution in [0.15, 0.2) is 54.6 Å². The Bertz CT molecular complexity index is 464. The molecule has 0 aromatic heterocycles. The molecule has 134 valence electrons. The monoisotopic (exact) mass is 330 g/mol. The van der Waals surface area contributed by atoms with Crippen molar-refractivity contribution < 1.29 is 9.84 Å². The van der Waals surface area contributed by atoms with Crippen molar-refractivity contribution in [1.82, 2.24) is 0 Å². The van der Waals surface area contributed by atoms with E-state index in [0.29, 0.717) is 6.61 Å². The molecule has 0 spiro atoms. The van der Waals surface area contributed by atoms with Gasteiger partial charge in [0.15, 0.2) is 0 Å². The number of benzene rings is 1. The third-order valence-electron chi connectivity index (χ3n) is 4.19. The highest BCUT2D eigenvalue weighted by Crippen LogP contribution is 2.18. The second-order valence-corrected chi connectivity index (χ2v) is 6.41. The van der Waals surface area contributed by atoms with Crippen molar-refractivity contribution in [2.75, 3.05) is 0 Å². The maximum atomic E-state index is 10.4. The van der Waals surface area contributed by atoms with Crippen LogP contribution in [0.2, 0.25) is 0 Å². The number of hydrogen-bond acceptors (Lipinski definition) is 2. The third kappa shape index (κ3) is 8.47. The molecule has 24 heavy (non-hydrogen) atoms. The van der Waals surface area contributed by atoms with Gasteiger partial charge in [-0.15, -0.1) is 0 Å². The maximum absolute atomic E-state index is 10.4. The summed E-state index contributed by atoms with van der Waals surface area (Å²) in [5.41, 5.74) is 1.13. The standard InChI is InChI=1S/C22H34O2/c1-4-6-7-8-9-11-15-19(3)22(21(23)14-5-2)24-18-20-16-12-10-13-17-20/h5,10-17,19,21-23H,4,6-9,18H2,1-3H3/b14-5+,15-11+/t19-,21-,22-/m1/s1. The summed E-state index contributed by atoms with van der Waals surface area (Å²) in [7, 11) is 0. The van der Waals surface area contributed by atoms with Crippen molar-refractivity contribution in [3.8, 4) is 0 Å². The summed E-state index contributed by atoms with van der Waals surface area (Å²) in [6.07, 6.45) is 13.5. The minimum absolute atomic E-state index is 0.172. The summed E-state index contributed by atoms with van der Waals surface area (Å²) in [6, 6.07) is 10.1. The highest BCUT2D eigenvalue weighted by molar-refractivity contribution is 5.13. The van der Waals surface area contributed by atoms with Crippen LogP contribution >= 0.6 is 0 Å². The Morgan fingerprint density at radius 2 is 1.83 bits per heavy atom. The van der Waals surface area contributed by atoms with Gasteiger partial charge in [-0.3, -0.25) is 0 Å². The second-order valence-electron chi connectivity index (χ2n) is 6.41. The summed E-state index contributed by atoms with van der Waals surface area (Å²) in [5.74, 6) is 0.172. The molecule has 1 rings (SSSR count). The maximum Gasteiger partial charge on any atom is 0.0988 e. The molecular formula is C22H34O2. The molecule has 0 fully saturated rings. The number of aliphatic hydroxyl groups is 1. The molecule has 0 aliphatic carbocycles. The molecule has 2 nitrogen and oxygen atoms in total. The van der Waals surface area contributed by atoms with Gasteiger partial charge in [-0.2, -0.15) is 0 Å². The minimum atomic E-state index is -0.585. The number of allylic oxidation sites excluding steroid dienone is 2.